The lowest BCUT2D eigenvalue weighted by atomic mass is 10.0. The van der Waals surface area contributed by atoms with E-state index in [1.807, 2.05) is 30.3 Å². The quantitative estimate of drug-likeness (QED) is 0.277. The molecule has 0 saturated heterocycles. The van der Waals surface area contributed by atoms with E-state index in [4.69, 9.17) is 16.2 Å². The summed E-state index contributed by atoms with van der Waals surface area (Å²) < 4.78 is 23.0. The molecule has 0 radical (unpaired) electrons. The van der Waals surface area contributed by atoms with Crippen LogP contribution >= 0.6 is 11.5 Å². The van der Waals surface area contributed by atoms with Crippen LogP contribution in [0.2, 0.25) is 0 Å². The molecule has 1 heterocycles. The molecule has 1 atom stereocenters. The van der Waals surface area contributed by atoms with Crippen LogP contribution in [0.5, 0.6) is 5.75 Å². The number of hydrogen-bond acceptors (Lipinski definition) is 7. The van der Waals surface area contributed by atoms with Crippen LogP contribution < -0.4 is 21.5 Å². The van der Waals surface area contributed by atoms with Crippen molar-refractivity contribution in [1.82, 2.24) is 14.6 Å². The molecule has 4 aromatic rings. The van der Waals surface area contributed by atoms with Crippen LogP contribution in [0.1, 0.15) is 42.9 Å². The number of hydrogen-bond donors (Lipinski definition) is 3. The minimum atomic E-state index is -1.18. The molecular formula is C28H26FN5O4S. The Labute approximate surface area is 228 Å². The number of ether oxygens (including phenoxy) is 1. The predicted molar refractivity (Wildman–Crippen MR) is 145 cm³/mol. The van der Waals surface area contributed by atoms with E-state index < -0.39 is 29.6 Å². The third-order valence-corrected chi connectivity index (χ3v) is 6.83. The third-order valence-electron chi connectivity index (χ3n) is 5.98. The van der Waals surface area contributed by atoms with Crippen molar-refractivity contribution in [3.63, 3.8) is 0 Å². The lowest BCUT2D eigenvalue weighted by Gasteiger charge is -2.31. The number of nitrogens with zero attached hydrogens (tertiary/aromatic N) is 2. The molecule has 200 valence electrons. The van der Waals surface area contributed by atoms with Gasteiger partial charge >= 0.3 is 0 Å². The zero-order valence-electron chi connectivity index (χ0n) is 21.0. The predicted octanol–water partition coefficient (Wildman–Crippen LogP) is 3.67. The maximum absolute atomic E-state index is 14.0. The fraction of sp³-hybridized carbons (Fsp3) is 0.143. The molecule has 0 saturated carbocycles. The molecular weight excluding hydrogens is 521 g/mol. The lowest BCUT2D eigenvalue weighted by Crippen LogP contribution is -2.43. The maximum Gasteiger partial charge on any atom is 0.270 e. The summed E-state index contributed by atoms with van der Waals surface area (Å²) in [4.78, 5) is 40.7. The first-order chi connectivity index (χ1) is 18.8. The average molecular weight is 548 g/mol. The topological polar surface area (TPSA) is 141 Å². The minimum Gasteiger partial charge on any atom is -0.497 e. The van der Waals surface area contributed by atoms with Gasteiger partial charge in [-0.25, -0.2) is 4.39 Å². The fourth-order valence-electron chi connectivity index (χ4n) is 3.97. The van der Waals surface area contributed by atoms with Crippen molar-refractivity contribution in [3.8, 4) is 5.75 Å². The van der Waals surface area contributed by atoms with Crippen molar-refractivity contribution in [2.24, 2.45) is 5.73 Å². The Morgan fingerprint density at radius 1 is 1.00 bits per heavy atom. The van der Waals surface area contributed by atoms with Crippen LogP contribution in [0.25, 0.3) is 0 Å². The molecule has 0 bridgehead atoms. The van der Waals surface area contributed by atoms with E-state index in [-0.39, 0.29) is 29.3 Å². The number of carbonyl (C=O) groups is 3. The lowest BCUT2D eigenvalue weighted by molar-refractivity contribution is -0.126. The summed E-state index contributed by atoms with van der Waals surface area (Å²) in [6.07, 6.45) is 0. The summed E-state index contributed by atoms with van der Waals surface area (Å²) in [6.45, 7) is 0.184. The van der Waals surface area contributed by atoms with Crippen LogP contribution in [0.15, 0.2) is 78.9 Å². The first-order valence-electron chi connectivity index (χ1n) is 11.8. The van der Waals surface area contributed by atoms with Crippen molar-refractivity contribution in [2.45, 2.75) is 19.1 Å². The molecule has 0 spiro atoms. The van der Waals surface area contributed by atoms with Crippen LogP contribution in [0, 0.1) is 5.82 Å². The summed E-state index contributed by atoms with van der Waals surface area (Å²) in [5.41, 5.74) is 13.0. The highest BCUT2D eigenvalue weighted by molar-refractivity contribution is 7.09. The summed E-state index contributed by atoms with van der Waals surface area (Å²) in [5.74, 6) is -1.89. The van der Waals surface area contributed by atoms with Crippen LogP contribution in [-0.2, 0) is 17.9 Å². The van der Waals surface area contributed by atoms with E-state index in [9.17, 15) is 18.8 Å². The largest absolute Gasteiger partial charge is 0.497 e. The van der Waals surface area contributed by atoms with Gasteiger partial charge in [-0.2, -0.15) is 4.37 Å². The van der Waals surface area contributed by atoms with Gasteiger partial charge in [0, 0.05) is 13.1 Å². The van der Waals surface area contributed by atoms with Crippen LogP contribution in [0.4, 0.5) is 10.1 Å². The molecule has 3 amide bonds. The number of nitrogens with two attached hydrogens (primary N) is 2. The molecule has 39 heavy (non-hydrogen) atoms. The SMILES string of the molecule is COc1ccc(CN(C(=O)c2snc(C(N)=O)c2N)[C@H](C(=O)NCc2ccccc2)c2ccc(F)cc2)cc1. The second kappa shape index (κ2) is 12.2. The van der Waals surface area contributed by atoms with Crippen molar-refractivity contribution < 1.29 is 23.5 Å². The standard InChI is InChI=1S/C28H26FN5O4S/c1-38-21-13-7-18(8-14-21)16-34(28(37)25-22(30)23(26(31)35)33-39-25)24(19-9-11-20(29)12-10-19)27(36)32-15-17-5-3-2-4-6-17/h2-14,24H,15-16,30H2,1H3,(H2,31,35)(H,32,36)/t24-/m0/s1. The Kier molecular flexibility index (Phi) is 8.52. The Morgan fingerprint density at radius 2 is 1.67 bits per heavy atom. The number of anilines is 1. The van der Waals surface area contributed by atoms with Crippen molar-refractivity contribution in [1.29, 1.82) is 0 Å². The van der Waals surface area contributed by atoms with Crippen LogP contribution in [0.3, 0.4) is 0 Å². The first kappa shape index (κ1) is 27.3. The summed E-state index contributed by atoms with van der Waals surface area (Å²) in [7, 11) is 1.54. The Bertz CT molecular complexity index is 1460. The summed E-state index contributed by atoms with van der Waals surface area (Å²) in [5, 5.41) is 2.88. The van der Waals surface area contributed by atoms with E-state index in [0.717, 1.165) is 5.56 Å². The number of carbonyl (C=O) groups excluding carboxylic acids is 3. The molecule has 9 nitrogen and oxygen atoms in total. The smallest absolute Gasteiger partial charge is 0.270 e. The molecule has 1 aromatic heterocycles. The molecule has 0 unspecified atom stereocenters. The van der Waals surface area contributed by atoms with Gasteiger partial charge in [0.15, 0.2) is 5.69 Å². The fourth-order valence-corrected chi connectivity index (χ4v) is 4.73. The normalized spacial score (nSPS) is 11.4. The summed E-state index contributed by atoms with van der Waals surface area (Å²) in [6, 6.07) is 20.4. The monoisotopic (exact) mass is 547 g/mol. The van der Waals surface area contributed by atoms with Gasteiger partial charge in [-0.05, 0) is 52.5 Å². The number of rotatable bonds is 10. The number of methoxy groups -OCH3 is 1. The number of amides is 3. The van der Waals surface area contributed by atoms with Gasteiger partial charge in [0.2, 0.25) is 5.91 Å². The van der Waals surface area contributed by atoms with Crippen molar-refractivity contribution in [2.75, 3.05) is 12.8 Å². The van der Waals surface area contributed by atoms with Gasteiger partial charge in [0.05, 0.1) is 12.8 Å². The first-order valence-corrected chi connectivity index (χ1v) is 12.6. The van der Waals surface area contributed by atoms with Crippen LogP contribution in [-0.4, -0.2) is 34.1 Å². The number of halogens is 1. The van der Waals surface area contributed by atoms with Gasteiger partial charge in [-0.15, -0.1) is 0 Å². The molecule has 0 aliphatic heterocycles. The van der Waals surface area contributed by atoms with Crippen molar-refractivity contribution in [3.05, 3.63) is 112 Å². The van der Waals surface area contributed by atoms with Crippen molar-refractivity contribution >= 4 is 34.9 Å². The number of aromatic nitrogens is 1. The summed E-state index contributed by atoms with van der Waals surface area (Å²) >= 11 is 0.716. The molecule has 5 N–H and O–H groups in total. The average Bonchev–Trinajstić information content (AvgIpc) is 3.34. The second-order valence-corrected chi connectivity index (χ2v) is 9.35. The van der Waals surface area contributed by atoms with E-state index in [1.54, 1.807) is 24.3 Å². The molecule has 0 aliphatic carbocycles. The van der Waals surface area contributed by atoms with E-state index in [2.05, 4.69) is 9.69 Å². The van der Waals surface area contributed by atoms with Gasteiger partial charge in [0.1, 0.15) is 22.5 Å². The Balaban J connectivity index is 1.77. The number of nitrogens with one attached hydrogen (secondary N) is 1. The zero-order valence-corrected chi connectivity index (χ0v) is 21.8. The Hall–Kier alpha value is -4.77. The Morgan fingerprint density at radius 3 is 2.26 bits per heavy atom. The highest BCUT2D eigenvalue weighted by Crippen LogP contribution is 2.31. The van der Waals surface area contributed by atoms with Gasteiger partial charge in [-0.3, -0.25) is 14.4 Å². The van der Waals surface area contributed by atoms with E-state index >= 15 is 0 Å². The third kappa shape index (κ3) is 6.39. The van der Waals surface area contributed by atoms with Gasteiger partial charge in [0.25, 0.3) is 11.8 Å². The van der Waals surface area contributed by atoms with Gasteiger partial charge in [-0.1, -0.05) is 54.6 Å². The number of benzene rings is 3. The van der Waals surface area contributed by atoms with E-state index in [1.165, 1.54) is 36.3 Å². The molecule has 3 aromatic carbocycles. The minimum absolute atomic E-state index is 0.0210. The highest BCUT2D eigenvalue weighted by Gasteiger charge is 2.35. The maximum atomic E-state index is 14.0. The number of primary amides is 1. The molecule has 11 heteroatoms. The zero-order chi connectivity index (χ0) is 27.9. The highest BCUT2D eigenvalue weighted by atomic mass is 32.1. The van der Waals surface area contributed by atoms with E-state index in [0.29, 0.717) is 28.4 Å². The second-order valence-electron chi connectivity index (χ2n) is 8.58. The molecule has 0 aliphatic rings. The molecule has 0 fully saturated rings. The molecule has 4 rings (SSSR count). The van der Waals surface area contributed by atoms with Gasteiger partial charge < -0.3 is 26.4 Å². The number of nitrogen functional groups attached to an aromatic ring is 1.